The molecule has 2 atom stereocenters. The standard InChI is InChI=1S/C20H29N3O4/c1-13(2)10-20(3,12-21)22-19(25)14-8-18(24)23(11-14)15-4-5-16-17(9-15)27-7-6-26-16/h4-5,9,13-14H,6-8,10-12,21H2,1-3H3,(H,22,25). The van der Waals surface area contributed by atoms with Gasteiger partial charge in [0.25, 0.3) is 0 Å². The van der Waals surface area contributed by atoms with E-state index in [-0.39, 0.29) is 24.2 Å². The van der Waals surface area contributed by atoms with Gasteiger partial charge in [-0.25, -0.2) is 0 Å². The molecule has 27 heavy (non-hydrogen) atoms. The third kappa shape index (κ3) is 4.35. The molecule has 0 bridgehead atoms. The van der Waals surface area contributed by atoms with Crippen molar-refractivity contribution in [1.82, 2.24) is 5.32 Å². The molecule has 2 unspecified atom stereocenters. The summed E-state index contributed by atoms with van der Waals surface area (Å²) in [6.07, 6.45) is 0.990. The number of nitrogens with two attached hydrogens (primary N) is 1. The summed E-state index contributed by atoms with van der Waals surface area (Å²) < 4.78 is 11.1. The van der Waals surface area contributed by atoms with Crippen LogP contribution in [0, 0.1) is 11.8 Å². The maximum Gasteiger partial charge on any atom is 0.227 e. The number of benzene rings is 1. The Morgan fingerprint density at radius 2 is 2.04 bits per heavy atom. The predicted octanol–water partition coefficient (Wildman–Crippen LogP) is 1.69. The van der Waals surface area contributed by atoms with Gasteiger partial charge in [-0.15, -0.1) is 0 Å². The highest BCUT2D eigenvalue weighted by Gasteiger charge is 2.38. The fourth-order valence-corrected chi connectivity index (χ4v) is 3.82. The lowest BCUT2D eigenvalue weighted by molar-refractivity contribution is -0.128. The van der Waals surface area contributed by atoms with Crippen LogP contribution in [0.3, 0.4) is 0 Å². The van der Waals surface area contributed by atoms with Crippen molar-refractivity contribution in [1.29, 1.82) is 0 Å². The molecule has 1 saturated heterocycles. The molecule has 0 aliphatic carbocycles. The molecule has 2 heterocycles. The number of fused-ring (bicyclic) bond motifs is 1. The van der Waals surface area contributed by atoms with Crippen molar-refractivity contribution in [3.05, 3.63) is 18.2 Å². The second-order valence-corrected chi connectivity index (χ2v) is 8.09. The van der Waals surface area contributed by atoms with Gasteiger partial charge in [0.1, 0.15) is 13.2 Å². The Balaban J connectivity index is 1.69. The van der Waals surface area contributed by atoms with Gasteiger partial charge in [-0.05, 0) is 31.4 Å². The minimum Gasteiger partial charge on any atom is -0.486 e. The molecule has 1 aromatic carbocycles. The number of ether oxygens (including phenoxy) is 2. The number of amides is 2. The molecule has 2 aliphatic rings. The van der Waals surface area contributed by atoms with Crippen LogP contribution in [0.4, 0.5) is 5.69 Å². The number of carbonyl (C=O) groups excluding carboxylic acids is 2. The molecule has 2 amide bonds. The fraction of sp³-hybridized carbons (Fsp3) is 0.600. The van der Waals surface area contributed by atoms with E-state index in [4.69, 9.17) is 15.2 Å². The lowest BCUT2D eigenvalue weighted by atomic mass is 9.90. The normalized spacial score (nSPS) is 21.3. The molecule has 1 aromatic rings. The van der Waals surface area contributed by atoms with Gasteiger partial charge in [0, 0.05) is 36.8 Å². The van der Waals surface area contributed by atoms with Crippen LogP contribution in [0.15, 0.2) is 18.2 Å². The van der Waals surface area contributed by atoms with Crippen molar-refractivity contribution < 1.29 is 19.1 Å². The molecule has 3 rings (SSSR count). The maximum absolute atomic E-state index is 12.8. The average molecular weight is 375 g/mol. The van der Waals surface area contributed by atoms with E-state index in [1.54, 1.807) is 17.0 Å². The van der Waals surface area contributed by atoms with Crippen LogP contribution < -0.4 is 25.4 Å². The number of nitrogens with one attached hydrogen (secondary N) is 1. The molecule has 7 heteroatoms. The van der Waals surface area contributed by atoms with E-state index in [9.17, 15) is 9.59 Å². The molecule has 0 aromatic heterocycles. The molecule has 148 valence electrons. The second kappa shape index (κ2) is 7.76. The smallest absolute Gasteiger partial charge is 0.227 e. The first-order valence-electron chi connectivity index (χ1n) is 9.53. The number of hydrogen-bond acceptors (Lipinski definition) is 5. The van der Waals surface area contributed by atoms with Gasteiger partial charge in [0.15, 0.2) is 11.5 Å². The van der Waals surface area contributed by atoms with Crippen LogP contribution in [-0.4, -0.2) is 43.7 Å². The molecule has 1 fully saturated rings. The highest BCUT2D eigenvalue weighted by atomic mass is 16.6. The number of hydrogen-bond donors (Lipinski definition) is 2. The van der Waals surface area contributed by atoms with Gasteiger partial charge in [-0.2, -0.15) is 0 Å². The van der Waals surface area contributed by atoms with Crippen LogP contribution in [0.2, 0.25) is 0 Å². The third-order valence-corrected chi connectivity index (χ3v) is 5.07. The molecular formula is C20H29N3O4. The molecule has 0 spiro atoms. The summed E-state index contributed by atoms with van der Waals surface area (Å²) in [5.74, 6) is 1.16. The van der Waals surface area contributed by atoms with Crippen LogP contribution >= 0.6 is 0 Å². The molecule has 0 radical (unpaired) electrons. The summed E-state index contributed by atoms with van der Waals surface area (Å²) >= 11 is 0. The number of rotatable bonds is 6. The van der Waals surface area contributed by atoms with Gasteiger partial charge < -0.3 is 25.4 Å². The Bertz CT molecular complexity index is 721. The molecule has 0 saturated carbocycles. The minimum absolute atomic E-state index is 0.0647. The molecule has 3 N–H and O–H groups in total. The monoisotopic (exact) mass is 375 g/mol. The van der Waals surface area contributed by atoms with Gasteiger partial charge in [0.05, 0.1) is 5.92 Å². The zero-order chi connectivity index (χ0) is 19.6. The first-order valence-corrected chi connectivity index (χ1v) is 9.53. The average Bonchev–Trinajstić information content (AvgIpc) is 3.02. The van der Waals surface area contributed by atoms with E-state index in [0.717, 1.165) is 12.1 Å². The van der Waals surface area contributed by atoms with E-state index in [0.29, 0.717) is 43.7 Å². The number of anilines is 1. The lowest BCUT2D eigenvalue weighted by Gasteiger charge is -2.32. The van der Waals surface area contributed by atoms with E-state index in [2.05, 4.69) is 19.2 Å². The molecule has 2 aliphatic heterocycles. The SMILES string of the molecule is CC(C)CC(C)(CN)NC(=O)C1CC(=O)N(c2ccc3c(c2)OCCO3)C1. The number of carbonyl (C=O) groups is 2. The van der Waals surface area contributed by atoms with Crippen molar-refractivity contribution in [3.8, 4) is 11.5 Å². The quantitative estimate of drug-likeness (QED) is 0.789. The predicted molar refractivity (Wildman–Crippen MR) is 103 cm³/mol. The fourth-order valence-electron chi connectivity index (χ4n) is 3.82. The van der Waals surface area contributed by atoms with Crippen LogP contribution in [0.1, 0.15) is 33.6 Å². The summed E-state index contributed by atoms with van der Waals surface area (Å²) in [5.41, 5.74) is 6.16. The Labute approximate surface area is 160 Å². The van der Waals surface area contributed by atoms with E-state index < -0.39 is 5.54 Å². The summed E-state index contributed by atoms with van der Waals surface area (Å²) in [5, 5.41) is 3.07. The lowest BCUT2D eigenvalue weighted by Crippen LogP contribution is -2.54. The van der Waals surface area contributed by atoms with Gasteiger partial charge >= 0.3 is 0 Å². The highest BCUT2D eigenvalue weighted by molar-refractivity contribution is 6.00. The van der Waals surface area contributed by atoms with E-state index >= 15 is 0 Å². The summed E-state index contributed by atoms with van der Waals surface area (Å²) in [6, 6.07) is 5.43. The maximum atomic E-state index is 12.8. The van der Waals surface area contributed by atoms with Crippen LogP contribution in [0.25, 0.3) is 0 Å². The van der Waals surface area contributed by atoms with E-state index in [1.807, 2.05) is 13.0 Å². The molecular weight excluding hydrogens is 346 g/mol. The van der Waals surface area contributed by atoms with Crippen molar-refractivity contribution in [2.45, 2.75) is 39.2 Å². The zero-order valence-electron chi connectivity index (χ0n) is 16.3. The Hall–Kier alpha value is -2.28. The first-order chi connectivity index (χ1) is 12.8. The van der Waals surface area contributed by atoms with E-state index in [1.165, 1.54) is 0 Å². The van der Waals surface area contributed by atoms with Crippen molar-refractivity contribution in [2.24, 2.45) is 17.6 Å². The van der Waals surface area contributed by atoms with Crippen molar-refractivity contribution in [3.63, 3.8) is 0 Å². The third-order valence-electron chi connectivity index (χ3n) is 5.07. The number of nitrogens with zero attached hydrogens (tertiary/aromatic N) is 1. The Morgan fingerprint density at radius 3 is 2.70 bits per heavy atom. The van der Waals surface area contributed by atoms with Gasteiger partial charge in [0.2, 0.25) is 11.8 Å². The Morgan fingerprint density at radius 1 is 1.33 bits per heavy atom. The van der Waals surface area contributed by atoms with Gasteiger partial charge in [-0.1, -0.05) is 13.8 Å². The summed E-state index contributed by atoms with van der Waals surface area (Å²) in [4.78, 5) is 26.9. The Kier molecular flexibility index (Phi) is 5.60. The largest absolute Gasteiger partial charge is 0.486 e. The van der Waals surface area contributed by atoms with Crippen LogP contribution in [-0.2, 0) is 9.59 Å². The topological polar surface area (TPSA) is 93.9 Å². The summed E-state index contributed by atoms with van der Waals surface area (Å²) in [7, 11) is 0. The van der Waals surface area contributed by atoms with Crippen molar-refractivity contribution >= 4 is 17.5 Å². The van der Waals surface area contributed by atoms with Crippen LogP contribution in [0.5, 0.6) is 11.5 Å². The first kappa shape index (κ1) is 19.5. The zero-order valence-corrected chi connectivity index (χ0v) is 16.3. The summed E-state index contributed by atoms with van der Waals surface area (Å²) in [6.45, 7) is 7.89. The molecule has 7 nitrogen and oxygen atoms in total. The second-order valence-electron chi connectivity index (χ2n) is 8.09. The van der Waals surface area contributed by atoms with Gasteiger partial charge in [-0.3, -0.25) is 9.59 Å². The highest BCUT2D eigenvalue weighted by Crippen LogP contribution is 2.36. The minimum atomic E-state index is -0.460. The van der Waals surface area contributed by atoms with Crippen molar-refractivity contribution in [2.75, 3.05) is 31.2 Å².